The predicted molar refractivity (Wildman–Crippen MR) is 75.3 cm³/mol. The number of rotatable bonds is 4. The van der Waals surface area contributed by atoms with E-state index in [2.05, 4.69) is 20.8 Å². The van der Waals surface area contributed by atoms with Crippen LogP contribution in [0.5, 0.6) is 0 Å². The molecule has 0 aliphatic carbocycles. The summed E-state index contributed by atoms with van der Waals surface area (Å²) in [7, 11) is 0. The van der Waals surface area contributed by atoms with E-state index in [1.54, 1.807) is 30.0 Å². The molecule has 1 nitrogen and oxygen atoms in total. The minimum Gasteiger partial charge on any atom is -0.327 e. The fraction of sp³-hybridized carbons (Fsp3) is 0.538. The molecule has 0 bridgehead atoms. The first-order chi connectivity index (χ1) is 7.79. The summed E-state index contributed by atoms with van der Waals surface area (Å²) in [4.78, 5) is 0. The zero-order valence-corrected chi connectivity index (χ0v) is 12.0. The molecule has 96 valence electrons. The van der Waals surface area contributed by atoms with Crippen LogP contribution in [0, 0.1) is 5.82 Å². The Morgan fingerprint density at radius 2 is 2.06 bits per heavy atom. The van der Waals surface area contributed by atoms with Crippen molar-refractivity contribution in [3.63, 3.8) is 0 Å². The van der Waals surface area contributed by atoms with Gasteiger partial charge in [-0.25, -0.2) is 4.39 Å². The minimum atomic E-state index is -0.342. The highest BCUT2D eigenvalue weighted by atomic mass is 35.5. The third kappa shape index (κ3) is 5.28. The fourth-order valence-electron chi connectivity index (χ4n) is 1.40. The summed E-state index contributed by atoms with van der Waals surface area (Å²) in [6, 6.07) is 5.00. The molecule has 0 saturated carbocycles. The van der Waals surface area contributed by atoms with Crippen LogP contribution in [0.1, 0.15) is 26.3 Å². The van der Waals surface area contributed by atoms with Crippen LogP contribution in [0.15, 0.2) is 18.2 Å². The molecule has 0 radical (unpaired) electrons. The van der Waals surface area contributed by atoms with Gasteiger partial charge in [-0.1, -0.05) is 44.5 Å². The van der Waals surface area contributed by atoms with Crippen molar-refractivity contribution in [2.45, 2.75) is 38.0 Å². The lowest BCUT2D eigenvalue weighted by molar-refractivity contribution is 0.597. The lowest BCUT2D eigenvalue weighted by atomic mass is 10.1. The Hall–Kier alpha value is -0.250. The largest absolute Gasteiger partial charge is 0.327 e. The van der Waals surface area contributed by atoms with E-state index in [1.165, 1.54) is 0 Å². The van der Waals surface area contributed by atoms with Crippen molar-refractivity contribution >= 4 is 23.4 Å². The first-order valence-electron chi connectivity index (χ1n) is 5.62. The molecule has 1 rings (SSSR count). The van der Waals surface area contributed by atoms with E-state index in [0.717, 1.165) is 5.75 Å². The van der Waals surface area contributed by atoms with Crippen molar-refractivity contribution in [1.82, 2.24) is 0 Å². The first-order valence-corrected chi connectivity index (χ1v) is 6.98. The second-order valence-electron chi connectivity index (χ2n) is 5.10. The van der Waals surface area contributed by atoms with E-state index in [1.807, 2.05) is 0 Å². The van der Waals surface area contributed by atoms with Gasteiger partial charge in [0, 0.05) is 16.5 Å². The third-order valence-corrected chi connectivity index (χ3v) is 4.00. The monoisotopic (exact) mass is 275 g/mol. The van der Waals surface area contributed by atoms with Gasteiger partial charge in [-0.05, 0) is 18.1 Å². The Morgan fingerprint density at radius 1 is 1.41 bits per heavy atom. The van der Waals surface area contributed by atoms with Crippen molar-refractivity contribution in [3.05, 3.63) is 34.6 Å². The average molecular weight is 276 g/mol. The maximum Gasteiger partial charge on any atom is 0.145 e. The number of benzene rings is 1. The van der Waals surface area contributed by atoms with Crippen LogP contribution in [-0.2, 0) is 6.42 Å². The summed E-state index contributed by atoms with van der Waals surface area (Å²) in [5.74, 6) is 0.473. The highest BCUT2D eigenvalue weighted by Gasteiger charge is 2.15. The Morgan fingerprint density at radius 3 is 2.65 bits per heavy atom. The van der Waals surface area contributed by atoms with Crippen molar-refractivity contribution < 1.29 is 4.39 Å². The lowest BCUT2D eigenvalue weighted by Gasteiger charge is -2.20. The quantitative estimate of drug-likeness (QED) is 0.902. The van der Waals surface area contributed by atoms with Crippen LogP contribution in [0.2, 0.25) is 5.02 Å². The Balaban J connectivity index is 2.56. The molecule has 1 aromatic carbocycles. The SMILES string of the molecule is CC(C)(C)SCC(N)Cc1cccc(Cl)c1F. The van der Waals surface area contributed by atoms with Gasteiger partial charge >= 0.3 is 0 Å². The molecule has 0 aromatic heterocycles. The number of nitrogens with two attached hydrogens (primary N) is 1. The molecule has 1 unspecified atom stereocenters. The molecule has 17 heavy (non-hydrogen) atoms. The Bertz CT molecular complexity index is 376. The van der Waals surface area contributed by atoms with Crippen LogP contribution in [0.4, 0.5) is 4.39 Å². The smallest absolute Gasteiger partial charge is 0.145 e. The molecule has 0 amide bonds. The van der Waals surface area contributed by atoms with E-state index < -0.39 is 0 Å². The Labute approximate surface area is 112 Å². The lowest BCUT2D eigenvalue weighted by Crippen LogP contribution is -2.28. The molecule has 1 aromatic rings. The molecule has 0 fully saturated rings. The van der Waals surface area contributed by atoms with Crippen LogP contribution >= 0.6 is 23.4 Å². The topological polar surface area (TPSA) is 26.0 Å². The van der Waals surface area contributed by atoms with Crippen LogP contribution in [0.3, 0.4) is 0 Å². The highest BCUT2D eigenvalue weighted by Crippen LogP contribution is 2.25. The second kappa shape index (κ2) is 6.07. The number of halogens is 2. The summed E-state index contributed by atoms with van der Waals surface area (Å²) in [6.45, 7) is 6.43. The van der Waals surface area contributed by atoms with E-state index >= 15 is 0 Å². The maximum atomic E-state index is 13.6. The fourth-order valence-corrected chi connectivity index (χ4v) is 2.43. The summed E-state index contributed by atoms with van der Waals surface area (Å²) >= 11 is 7.52. The zero-order chi connectivity index (χ0) is 13.1. The summed E-state index contributed by atoms with van der Waals surface area (Å²) in [6.07, 6.45) is 0.523. The maximum absolute atomic E-state index is 13.6. The van der Waals surface area contributed by atoms with Crippen molar-refractivity contribution in [3.8, 4) is 0 Å². The standard InChI is InChI=1S/C13H19ClFNS/c1-13(2,3)17-8-10(16)7-9-5-4-6-11(14)12(9)15/h4-6,10H,7-8,16H2,1-3H3. The number of hydrogen-bond acceptors (Lipinski definition) is 2. The normalized spacial score (nSPS) is 13.8. The van der Waals surface area contributed by atoms with Gasteiger partial charge in [-0.15, -0.1) is 0 Å². The predicted octanol–water partition coefficient (Wildman–Crippen LogP) is 3.88. The highest BCUT2D eigenvalue weighted by molar-refractivity contribution is 8.00. The minimum absolute atomic E-state index is 0.0489. The summed E-state index contributed by atoms with van der Waals surface area (Å²) in [5.41, 5.74) is 6.60. The average Bonchev–Trinajstić information content (AvgIpc) is 2.21. The van der Waals surface area contributed by atoms with Gasteiger partial charge in [0.1, 0.15) is 5.82 Å². The van der Waals surface area contributed by atoms with Gasteiger partial charge in [0.2, 0.25) is 0 Å². The van der Waals surface area contributed by atoms with Crippen molar-refractivity contribution in [2.24, 2.45) is 5.73 Å². The van der Waals surface area contributed by atoms with E-state index in [-0.39, 0.29) is 21.6 Å². The van der Waals surface area contributed by atoms with Gasteiger partial charge < -0.3 is 5.73 Å². The molecule has 0 aliphatic rings. The van der Waals surface area contributed by atoms with Crippen molar-refractivity contribution in [2.75, 3.05) is 5.75 Å². The van der Waals surface area contributed by atoms with Crippen LogP contribution in [0.25, 0.3) is 0 Å². The molecule has 0 saturated heterocycles. The van der Waals surface area contributed by atoms with E-state index in [4.69, 9.17) is 17.3 Å². The zero-order valence-electron chi connectivity index (χ0n) is 10.5. The molecule has 0 spiro atoms. The third-order valence-electron chi connectivity index (χ3n) is 2.24. The molecular weight excluding hydrogens is 257 g/mol. The Kier molecular flexibility index (Phi) is 5.29. The molecular formula is C13H19ClFNS. The molecule has 2 N–H and O–H groups in total. The number of thioether (sulfide) groups is 1. The summed E-state index contributed by atoms with van der Waals surface area (Å²) < 4.78 is 13.8. The van der Waals surface area contributed by atoms with E-state index in [0.29, 0.717) is 12.0 Å². The van der Waals surface area contributed by atoms with Gasteiger partial charge in [0.05, 0.1) is 5.02 Å². The van der Waals surface area contributed by atoms with Crippen molar-refractivity contribution in [1.29, 1.82) is 0 Å². The van der Waals surface area contributed by atoms with E-state index in [9.17, 15) is 4.39 Å². The molecule has 1 atom stereocenters. The molecule has 0 heterocycles. The molecule has 4 heteroatoms. The van der Waals surface area contributed by atoms with Gasteiger partial charge in [-0.2, -0.15) is 11.8 Å². The summed E-state index contributed by atoms with van der Waals surface area (Å²) in [5, 5.41) is 0.165. The van der Waals surface area contributed by atoms with Crippen LogP contribution < -0.4 is 5.73 Å². The van der Waals surface area contributed by atoms with Gasteiger partial charge in [0.15, 0.2) is 0 Å². The number of hydrogen-bond donors (Lipinski definition) is 1. The van der Waals surface area contributed by atoms with Gasteiger partial charge in [0.25, 0.3) is 0 Å². The van der Waals surface area contributed by atoms with Crippen LogP contribution in [-0.4, -0.2) is 16.5 Å². The first kappa shape index (κ1) is 14.8. The van der Waals surface area contributed by atoms with Gasteiger partial charge in [-0.3, -0.25) is 0 Å². The second-order valence-corrected chi connectivity index (χ2v) is 7.35. The molecule has 0 aliphatic heterocycles.